The first-order valence-electron chi connectivity index (χ1n) is 9.07. The second-order valence-corrected chi connectivity index (χ2v) is 7.14. The molecule has 142 valence electrons. The number of nitrogens with zero attached hydrogens (tertiary/aromatic N) is 1. The van der Waals surface area contributed by atoms with Crippen molar-refractivity contribution >= 4 is 23.4 Å². The molecule has 1 aliphatic rings. The summed E-state index contributed by atoms with van der Waals surface area (Å²) in [4.78, 5) is 26.5. The highest BCUT2D eigenvalue weighted by Crippen LogP contribution is 2.20. The average molecular weight is 389 g/mol. The monoisotopic (exact) mass is 388 g/mol. The molecule has 6 heteroatoms. The summed E-state index contributed by atoms with van der Waals surface area (Å²) >= 11 is 6.10. The maximum absolute atomic E-state index is 13.7. The van der Waals surface area contributed by atoms with Crippen molar-refractivity contribution in [3.63, 3.8) is 0 Å². The quantitative estimate of drug-likeness (QED) is 0.851. The third-order valence-electron chi connectivity index (χ3n) is 4.93. The number of rotatable bonds is 5. The lowest BCUT2D eigenvalue weighted by atomic mass is 9.95. The van der Waals surface area contributed by atoms with Crippen LogP contribution in [0.15, 0.2) is 48.5 Å². The first-order chi connectivity index (χ1) is 13.0. The van der Waals surface area contributed by atoms with Crippen LogP contribution in [0.2, 0.25) is 5.02 Å². The SMILES string of the molecule is O=C(NCc1ccccc1Cl)C1CCN(C(=O)Cc2ccccc2F)CC1. The number of likely N-dealkylation sites (tertiary alicyclic amines) is 1. The minimum Gasteiger partial charge on any atom is -0.352 e. The first-order valence-corrected chi connectivity index (χ1v) is 9.44. The summed E-state index contributed by atoms with van der Waals surface area (Å²) in [6, 6.07) is 13.7. The Labute approximate surface area is 163 Å². The van der Waals surface area contributed by atoms with Crippen LogP contribution in [-0.2, 0) is 22.6 Å². The lowest BCUT2D eigenvalue weighted by Crippen LogP contribution is -2.43. The van der Waals surface area contributed by atoms with Gasteiger partial charge in [-0.2, -0.15) is 0 Å². The highest BCUT2D eigenvalue weighted by Gasteiger charge is 2.27. The Morgan fingerprint density at radius 3 is 2.33 bits per heavy atom. The molecule has 1 N–H and O–H groups in total. The number of benzene rings is 2. The van der Waals surface area contributed by atoms with Gasteiger partial charge in [0.2, 0.25) is 11.8 Å². The number of carbonyl (C=O) groups is 2. The molecule has 1 heterocycles. The Morgan fingerprint density at radius 2 is 1.67 bits per heavy atom. The van der Waals surface area contributed by atoms with Gasteiger partial charge in [0, 0.05) is 30.6 Å². The molecule has 2 aromatic carbocycles. The third kappa shape index (κ3) is 5.07. The molecule has 2 amide bonds. The molecule has 0 spiro atoms. The predicted molar refractivity (Wildman–Crippen MR) is 103 cm³/mol. The van der Waals surface area contributed by atoms with Gasteiger partial charge in [-0.25, -0.2) is 4.39 Å². The van der Waals surface area contributed by atoms with Crippen LogP contribution in [0.4, 0.5) is 4.39 Å². The fourth-order valence-electron chi connectivity index (χ4n) is 3.28. The van der Waals surface area contributed by atoms with E-state index < -0.39 is 0 Å². The number of nitrogens with one attached hydrogen (secondary N) is 1. The number of piperidine rings is 1. The second-order valence-electron chi connectivity index (χ2n) is 6.73. The van der Waals surface area contributed by atoms with E-state index in [0.717, 1.165) is 5.56 Å². The zero-order valence-corrected chi connectivity index (χ0v) is 15.7. The summed E-state index contributed by atoms with van der Waals surface area (Å²) in [7, 11) is 0. The van der Waals surface area contributed by atoms with Gasteiger partial charge in [0.25, 0.3) is 0 Å². The Morgan fingerprint density at radius 1 is 1.04 bits per heavy atom. The summed E-state index contributed by atoms with van der Waals surface area (Å²) < 4.78 is 13.7. The summed E-state index contributed by atoms with van der Waals surface area (Å²) in [5.41, 5.74) is 1.28. The van der Waals surface area contributed by atoms with E-state index in [4.69, 9.17) is 11.6 Å². The van der Waals surface area contributed by atoms with Gasteiger partial charge in [0.05, 0.1) is 6.42 Å². The summed E-state index contributed by atoms with van der Waals surface area (Å²) in [6.07, 6.45) is 1.27. The standard InChI is InChI=1S/C21H22ClFN2O2/c22-18-7-3-1-6-17(18)14-24-21(27)15-9-11-25(12-10-15)20(26)13-16-5-2-4-8-19(16)23/h1-8,15H,9-14H2,(H,24,27). The molecule has 1 aliphatic heterocycles. The van der Waals surface area contributed by atoms with Crippen molar-refractivity contribution in [2.45, 2.75) is 25.8 Å². The van der Waals surface area contributed by atoms with E-state index in [1.807, 2.05) is 18.2 Å². The van der Waals surface area contributed by atoms with Crippen molar-refractivity contribution in [1.82, 2.24) is 10.2 Å². The summed E-state index contributed by atoms with van der Waals surface area (Å²) in [6.45, 7) is 1.42. The molecule has 1 fully saturated rings. The molecule has 4 nitrogen and oxygen atoms in total. The fraction of sp³-hybridized carbons (Fsp3) is 0.333. The Balaban J connectivity index is 1.47. The van der Waals surface area contributed by atoms with Crippen molar-refractivity contribution in [3.8, 4) is 0 Å². The third-order valence-corrected chi connectivity index (χ3v) is 5.30. The van der Waals surface area contributed by atoms with Crippen LogP contribution in [0, 0.1) is 11.7 Å². The molecule has 27 heavy (non-hydrogen) atoms. The highest BCUT2D eigenvalue weighted by molar-refractivity contribution is 6.31. The van der Waals surface area contributed by atoms with Crippen molar-refractivity contribution in [1.29, 1.82) is 0 Å². The molecule has 0 bridgehead atoms. The van der Waals surface area contributed by atoms with Gasteiger partial charge >= 0.3 is 0 Å². The first kappa shape index (κ1) is 19.4. The van der Waals surface area contributed by atoms with Gasteiger partial charge in [-0.3, -0.25) is 9.59 Å². The molecule has 0 atom stereocenters. The van der Waals surface area contributed by atoms with Gasteiger partial charge < -0.3 is 10.2 Å². The Hall–Kier alpha value is -2.40. The number of amides is 2. The largest absolute Gasteiger partial charge is 0.352 e. The number of hydrogen-bond donors (Lipinski definition) is 1. The predicted octanol–water partition coefficient (Wildman–Crippen LogP) is 3.58. The molecule has 0 saturated carbocycles. The van der Waals surface area contributed by atoms with Crippen LogP contribution < -0.4 is 5.32 Å². The number of hydrogen-bond acceptors (Lipinski definition) is 2. The molecule has 0 aromatic heterocycles. The molecule has 1 saturated heterocycles. The van der Waals surface area contributed by atoms with Crippen LogP contribution in [-0.4, -0.2) is 29.8 Å². The van der Waals surface area contributed by atoms with Crippen LogP contribution in [0.5, 0.6) is 0 Å². The normalized spacial score (nSPS) is 14.8. The molecular weight excluding hydrogens is 367 g/mol. The number of halogens is 2. The van der Waals surface area contributed by atoms with Gasteiger partial charge in [-0.15, -0.1) is 0 Å². The lowest BCUT2D eigenvalue weighted by Gasteiger charge is -2.31. The number of carbonyl (C=O) groups excluding carboxylic acids is 2. The van der Waals surface area contributed by atoms with Crippen molar-refractivity contribution in [3.05, 3.63) is 70.5 Å². The molecule has 0 unspecified atom stereocenters. The van der Waals surface area contributed by atoms with E-state index in [9.17, 15) is 14.0 Å². The van der Waals surface area contributed by atoms with E-state index in [-0.39, 0.29) is 30.0 Å². The van der Waals surface area contributed by atoms with Crippen molar-refractivity contribution < 1.29 is 14.0 Å². The zero-order chi connectivity index (χ0) is 19.2. The topological polar surface area (TPSA) is 49.4 Å². The molecule has 3 rings (SSSR count). The van der Waals surface area contributed by atoms with Crippen molar-refractivity contribution in [2.24, 2.45) is 5.92 Å². The Bertz CT molecular complexity index is 819. The minimum atomic E-state index is -0.361. The van der Waals surface area contributed by atoms with Gasteiger partial charge in [0.15, 0.2) is 0 Å². The molecule has 0 aliphatic carbocycles. The fourth-order valence-corrected chi connectivity index (χ4v) is 3.48. The maximum Gasteiger partial charge on any atom is 0.227 e. The van der Waals surface area contributed by atoms with Gasteiger partial charge in [-0.05, 0) is 36.1 Å². The van der Waals surface area contributed by atoms with E-state index in [1.54, 1.807) is 29.2 Å². The van der Waals surface area contributed by atoms with E-state index in [1.165, 1.54) is 6.07 Å². The van der Waals surface area contributed by atoms with Crippen LogP contribution in [0.3, 0.4) is 0 Å². The van der Waals surface area contributed by atoms with Crippen LogP contribution >= 0.6 is 11.6 Å². The lowest BCUT2D eigenvalue weighted by molar-refractivity contribution is -0.135. The molecular formula is C21H22ClFN2O2. The summed E-state index contributed by atoms with van der Waals surface area (Å²) in [5, 5.41) is 3.56. The van der Waals surface area contributed by atoms with Gasteiger partial charge in [-0.1, -0.05) is 48.0 Å². The van der Waals surface area contributed by atoms with E-state index >= 15 is 0 Å². The Kier molecular flexibility index (Phi) is 6.45. The maximum atomic E-state index is 13.7. The zero-order valence-electron chi connectivity index (χ0n) is 15.0. The summed E-state index contributed by atoms with van der Waals surface area (Å²) in [5.74, 6) is -0.601. The van der Waals surface area contributed by atoms with Gasteiger partial charge in [0.1, 0.15) is 5.82 Å². The van der Waals surface area contributed by atoms with Crippen molar-refractivity contribution in [2.75, 3.05) is 13.1 Å². The van der Waals surface area contributed by atoms with E-state index in [0.29, 0.717) is 43.1 Å². The van der Waals surface area contributed by atoms with Crippen LogP contribution in [0.25, 0.3) is 0 Å². The average Bonchev–Trinajstić information content (AvgIpc) is 2.69. The minimum absolute atomic E-state index is 0.0175. The molecule has 0 radical (unpaired) electrons. The molecule has 2 aromatic rings. The second kappa shape index (κ2) is 9.00. The van der Waals surface area contributed by atoms with Crippen LogP contribution in [0.1, 0.15) is 24.0 Å². The highest BCUT2D eigenvalue weighted by atomic mass is 35.5. The smallest absolute Gasteiger partial charge is 0.227 e. The van der Waals surface area contributed by atoms with E-state index in [2.05, 4.69) is 5.32 Å².